The fraction of sp³-hybridized carbons (Fsp3) is 0.538. The van der Waals surface area contributed by atoms with Crippen LogP contribution in [0.2, 0.25) is 0 Å². The van der Waals surface area contributed by atoms with Gasteiger partial charge in [0.1, 0.15) is 10.6 Å². The molecule has 20 heavy (non-hydrogen) atoms. The molecule has 0 aliphatic heterocycles. The van der Waals surface area contributed by atoms with Crippen molar-refractivity contribution in [3.8, 4) is 0 Å². The molecule has 110 valence electrons. The van der Waals surface area contributed by atoms with Gasteiger partial charge in [0.2, 0.25) is 5.95 Å². The van der Waals surface area contributed by atoms with Crippen molar-refractivity contribution in [3.05, 3.63) is 11.4 Å². The predicted octanol–water partition coefficient (Wildman–Crippen LogP) is 1.93. The topological polar surface area (TPSA) is 79.3 Å². The molecular formula is C13H20N4O2S. The highest BCUT2D eigenvalue weighted by atomic mass is 32.1. The van der Waals surface area contributed by atoms with E-state index in [0.29, 0.717) is 19.2 Å². The quantitative estimate of drug-likeness (QED) is 0.614. The van der Waals surface area contributed by atoms with Crippen LogP contribution >= 0.6 is 11.3 Å². The molecular weight excluding hydrogens is 276 g/mol. The third-order valence-corrected chi connectivity index (χ3v) is 3.46. The monoisotopic (exact) mass is 296 g/mol. The van der Waals surface area contributed by atoms with Crippen LogP contribution in [0.4, 0.5) is 11.8 Å². The van der Waals surface area contributed by atoms with E-state index in [1.165, 1.54) is 0 Å². The lowest BCUT2D eigenvalue weighted by molar-refractivity contribution is 0.0922. The Hall–Kier alpha value is -1.44. The van der Waals surface area contributed by atoms with Crippen molar-refractivity contribution < 1.29 is 9.84 Å². The van der Waals surface area contributed by atoms with Gasteiger partial charge in [0, 0.05) is 19.7 Å². The molecule has 0 atom stereocenters. The van der Waals surface area contributed by atoms with Gasteiger partial charge in [0.15, 0.2) is 0 Å². The number of aliphatic hydroxyl groups is 1. The second kappa shape index (κ2) is 7.98. The Labute approximate surface area is 122 Å². The number of nitrogens with zero attached hydrogens (tertiary/aromatic N) is 2. The van der Waals surface area contributed by atoms with Gasteiger partial charge in [-0.1, -0.05) is 0 Å². The van der Waals surface area contributed by atoms with Crippen molar-refractivity contribution in [2.75, 3.05) is 43.5 Å². The summed E-state index contributed by atoms with van der Waals surface area (Å²) in [5.41, 5.74) is 0. The normalized spacial score (nSPS) is 10.9. The summed E-state index contributed by atoms with van der Waals surface area (Å²) >= 11 is 1.61. The highest BCUT2D eigenvalue weighted by Crippen LogP contribution is 2.26. The fourth-order valence-electron chi connectivity index (χ4n) is 1.77. The maximum absolute atomic E-state index is 8.61. The van der Waals surface area contributed by atoms with Gasteiger partial charge < -0.3 is 20.5 Å². The number of anilines is 2. The first-order valence-corrected chi connectivity index (χ1v) is 7.64. The van der Waals surface area contributed by atoms with E-state index < -0.39 is 0 Å². The maximum Gasteiger partial charge on any atom is 0.226 e. The highest BCUT2D eigenvalue weighted by molar-refractivity contribution is 7.16. The minimum atomic E-state index is 0.0703. The van der Waals surface area contributed by atoms with Gasteiger partial charge >= 0.3 is 0 Å². The Morgan fingerprint density at radius 3 is 3.00 bits per heavy atom. The van der Waals surface area contributed by atoms with E-state index in [1.807, 2.05) is 18.4 Å². The lowest BCUT2D eigenvalue weighted by Gasteiger charge is -2.09. The molecule has 3 N–H and O–H groups in total. The Morgan fingerprint density at radius 1 is 1.30 bits per heavy atom. The molecule has 2 aromatic rings. The van der Waals surface area contributed by atoms with Crippen molar-refractivity contribution in [1.29, 1.82) is 0 Å². The summed E-state index contributed by atoms with van der Waals surface area (Å²) in [5.74, 6) is 1.51. The van der Waals surface area contributed by atoms with Gasteiger partial charge in [0.25, 0.3) is 0 Å². The Kier molecular flexibility index (Phi) is 5.97. The number of ether oxygens (including phenoxy) is 1. The third-order valence-electron chi connectivity index (χ3n) is 2.65. The molecule has 0 radical (unpaired) electrons. The smallest absolute Gasteiger partial charge is 0.226 e. The van der Waals surface area contributed by atoms with E-state index in [9.17, 15) is 0 Å². The van der Waals surface area contributed by atoms with Gasteiger partial charge in [-0.25, -0.2) is 4.98 Å². The van der Waals surface area contributed by atoms with Crippen LogP contribution in [0, 0.1) is 0 Å². The van der Waals surface area contributed by atoms with Crippen LogP contribution < -0.4 is 10.6 Å². The summed E-state index contributed by atoms with van der Waals surface area (Å²) < 4.78 is 5.22. The second-order valence-corrected chi connectivity index (χ2v) is 5.08. The Morgan fingerprint density at radius 2 is 2.20 bits per heavy atom. The molecule has 0 aliphatic rings. The number of rotatable bonds is 9. The summed E-state index contributed by atoms with van der Waals surface area (Å²) in [4.78, 5) is 9.93. The van der Waals surface area contributed by atoms with Crippen LogP contribution in [-0.2, 0) is 4.74 Å². The molecule has 0 aliphatic carbocycles. The molecule has 0 amide bonds. The third kappa shape index (κ3) is 4.03. The molecule has 0 fully saturated rings. The summed E-state index contributed by atoms with van der Waals surface area (Å²) in [6.07, 6.45) is 0.867. The SMILES string of the molecule is CCNc1nc(NCCCOCCO)c2ccsc2n1. The van der Waals surface area contributed by atoms with Crippen LogP contribution in [0.25, 0.3) is 10.2 Å². The largest absolute Gasteiger partial charge is 0.394 e. The van der Waals surface area contributed by atoms with Crippen LogP contribution in [0.1, 0.15) is 13.3 Å². The fourth-order valence-corrected chi connectivity index (χ4v) is 2.54. The molecule has 7 heteroatoms. The average molecular weight is 296 g/mol. The van der Waals surface area contributed by atoms with E-state index in [2.05, 4.69) is 20.6 Å². The summed E-state index contributed by atoms with van der Waals surface area (Å²) in [6.45, 7) is 4.69. The zero-order chi connectivity index (χ0) is 14.2. The number of aromatic nitrogens is 2. The average Bonchev–Trinajstić information content (AvgIpc) is 2.91. The minimum Gasteiger partial charge on any atom is -0.394 e. The molecule has 0 aromatic carbocycles. The number of aliphatic hydroxyl groups excluding tert-OH is 1. The summed E-state index contributed by atoms with van der Waals surface area (Å²) in [6, 6.07) is 2.03. The van der Waals surface area contributed by atoms with E-state index in [4.69, 9.17) is 9.84 Å². The highest BCUT2D eigenvalue weighted by Gasteiger charge is 2.07. The van der Waals surface area contributed by atoms with Crippen molar-refractivity contribution >= 4 is 33.3 Å². The van der Waals surface area contributed by atoms with Crippen LogP contribution in [0.15, 0.2) is 11.4 Å². The molecule has 0 unspecified atom stereocenters. The van der Waals surface area contributed by atoms with Crippen molar-refractivity contribution in [1.82, 2.24) is 9.97 Å². The molecule has 2 aromatic heterocycles. The van der Waals surface area contributed by atoms with E-state index in [1.54, 1.807) is 11.3 Å². The van der Waals surface area contributed by atoms with Gasteiger partial charge in [-0.2, -0.15) is 4.98 Å². The lowest BCUT2D eigenvalue weighted by Crippen LogP contribution is -2.10. The summed E-state index contributed by atoms with van der Waals surface area (Å²) in [5, 5.41) is 18.1. The number of hydrogen-bond acceptors (Lipinski definition) is 7. The molecule has 0 spiro atoms. The second-order valence-electron chi connectivity index (χ2n) is 4.18. The first kappa shape index (κ1) is 15.0. The van der Waals surface area contributed by atoms with Crippen LogP contribution in [0.5, 0.6) is 0 Å². The number of fused-ring (bicyclic) bond motifs is 1. The van der Waals surface area contributed by atoms with E-state index in [0.717, 1.165) is 35.5 Å². The first-order chi connectivity index (χ1) is 9.85. The van der Waals surface area contributed by atoms with Gasteiger partial charge in [-0.15, -0.1) is 11.3 Å². The number of thiophene rings is 1. The van der Waals surface area contributed by atoms with Crippen molar-refractivity contribution in [3.63, 3.8) is 0 Å². The van der Waals surface area contributed by atoms with Crippen LogP contribution in [0.3, 0.4) is 0 Å². The predicted molar refractivity (Wildman–Crippen MR) is 82.6 cm³/mol. The van der Waals surface area contributed by atoms with Gasteiger partial charge in [0.05, 0.1) is 18.6 Å². The Balaban J connectivity index is 1.95. The Bertz CT molecular complexity index is 532. The molecule has 2 heterocycles. The van der Waals surface area contributed by atoms with Crippen molar-refractivity contribution in [2.45, 2.75) is 13.3 Å². The van der Waals surface area contributed by atoms with Crippen LogP contribution in [-0.4, -0.2) is 48.0 Å². The molecule has 0 saturated carbocycles. The maximum atomic E-state index is 8.61. The van der Waals surface area contributed by atoms with E-state index in [-0.39, 0.29) is 6.61 Å². The first-order valence-electron chi connectivity index (χ1n) is 6.76. The van der Waals surface area contributed by atoms with Gasteiger partial charge in [-0.05, 0) is 24.8 Å². The van der Waals surface area contributed by atoms with Gasteiger partial charge in [-0.3, -0.25) is 0 Å². The zero-order valence-electron chi connectivity index (χ0n) is 11.6. The van der Waals surface area contributed by atoms with Crippen molar-refractivity contribution in [2.24, 2.45) is 0 Å². The lowest BCUT2D eigenvalue weighted by atomic mass is 10.3. The molecule has 2 rings (SSSR count). The zero-order valence-corrected chi connectivity index (χ0v) is 12.4. The summed E-state index contributed by atoms with van der Waals surface area (Å²) in [7, 11) is 0. The molecule has 0 bridgehead atoms. The molecule has 0 saturated heterocycles. The number of hydrogen-bond donors (Lipinski definition) is 3. The molecule has 6 nitrogen and oxygen atoms in total. The standard InChI is InChI=1S/C13H20N4O2S/c1-2-14-13-16-11(10-4-9-20-12(10)17-13)15-5-3-7-19-8-6-18/h4,9,18H,2-3,5-8H2,1H3,(H2,14,15,16,17). The van der Waals surface area contributed by atoms with E-state index >= 15 is 0 Å². The minimum absolute atomic E-state index is 0.0703. The number of nitrogens with one attached hydrogen (secondary N) is 2.